The van der Waals surface area contributed by atoms with Crippen LogP contribution < -0.4 is 4.72 Å². The Hall–Kier alpha value is -2.97. The van der Waals surface area contributed by atoms with Crippen LogP contribution in [0.4, 0.5) is 0 Å². The summed E-state index contributed by atoms with van der Waals surface area (Å²) in [5.74, 6) is -0.911. The van der Waals surface area contributed by atoms with Gasteiger partial charge in [0.25, 0.3) is 5.91 Å². The zero-order valence-corrected chi connectivity index (χ0v) is 21.4. The fraction of sp³-hybridized carbons (Fsp3) is 0.385. The first-order chi connectivity index (χ1) is 15.8. The maximum Gasteiger partial charge on any atom is 0.338 e. The van der Waals surface area contributed by atoms with E-state index in [1.165, 1.54) is 0 Å². The van der Waals surface area contributed by atoms with E-state index < -0.39 is 16.0 Å². The van der Waals surface area contributed by atoms with Gasteiger partial charge in [-0.2, -0.15) is 0 Å². The number of likely N-dealkylation sites (N-methyl/N-ethyl adjacent to an activating group) is 1. The van der Waals surface area contributed by atoms with Gasteiger partial charge in [0, 0.05) is 19.6 Å². The Labute approximate surface area is 202 Å². The van der Waals surface area contributed by atoms with Gasteiger partial charge in [0.05, 0.1) is 10.5 Å². The minimum Gasteiger partial charge on any atom is -0.452 e. The molecular weight excluding hydrogens is 452 g/mol. The highest BCUT2D eigenvalue weighted by Crippen LogP contribution is 2.23. The smallest absolute Gasteiger partial charge is 0.338 e. The first kappa shape index (κ1) is 27.3. The summed E-state index contributed by atoms with van der Waals surface area (Å²) in [6.07, 6.45) is 0. The number of hydrogen-bond acceptors (Lipinski definition) is 5. The average molecular weight is 487 g/mol. The van der Waals surface area contributed by atoms with Gasteiger partial charge in [-0.05, 0) is 54.7 Å². The summed E-state index contributed by atoms with van der Waals surface area (Å²) in [6.45, 7) is 14.3. The maximum atomic E-state index is 12.6. The number of hydrogen-bond donors (Lipinski definition) is 1. The second-order valence-electron chi connectivity index (χ2n) is 9.24. The van der Waals surface area contributed by atoms with Crippen LogP contribution >= 0.6 is 0 Å². The van der Waals surface area contributed by atoms with E-state index in [0.29, 0.717) is 18.7 Å². The fourth-order valence-electron chi connectivity index (χ4n) is 3.16. The van der Waals surface area contributed by atoms with Crippen molar-refractivity contribution in [2.75, 3.05) is 19.7 Å². The highest BCUT2D eigenvalue weighted by molar-refractivity contribution is 7.89. The third-order valence-electron chi connectivity index (χ3n) is 5.21. The molecule has 0 saturated heterocycles. The summed E-state index contributed by atoms with van der Waals surface area (Å²) >= 11 is 0. The molecule has 0 aliphatic rings. The molecule has 0 spiro atoms. The molecule has 0 unspecified atom stereocenters. The number of sulfonamides is 1. The summed E-state index contributed by atoms with van der Waals surface area (Å²) in [4.78, 5) is 26.2. The van der Waals surface area contributed by atoms with Crippen LogP contribution in [-0.4, -0.2) is 44.9 Å². The Kier molecular flexibility index (Phi) is 9.18. The van der Waals surface area contributed by atoms with Crippen molar-refractivity contribution < 1.29 is 22.7 Å². The predicted molar refractivity (Wildman–Crippen MR) is 133 cm³/mol. The molecule has 0 fully saturated rings. The molecule has 0 radical (unpaired) electrons. The number of nitrogens with one attached hydrogen (secondary N) is 1. The highest BCUT2D eigenvalue weighted by atomic mass is 32.2. The molecule has 0 aliphatic carbocycles. The summed E-state index contributed by atoms with van der Waals surface area (Å²) in [6, 6.07) is 13.2. The van der Waals surface area contributed by atoms with Gasteiger partial charge < -0.3 is 9.64 Å². The molecule has 0 saturated carbocycles. The third-order valence-corrected chi connectivity index (χ3v) is 6.63. The van der Waals surface area contributed by atoms with Crippen LogP contribution in [0.1, 0.15) is 56.1 Å². The molecule has 0 bridgehead atoms. The zero-order chi connectivity index (χ0) is 25.5. The topological polar surface area (TPSA) is 92.8 Å². The van der Waals surface area contributed by atoms with Gasteiger partial charge in [-0.3, -0.25) is 4.79 Å². The number of amides is 1. The van der Waals surface area contributed by atoms with Crippen LogP contribution in [0.5, 0.6) is 0 Å². The predicted octanol–water partition coefficient (Wildman–Crippen LogP) is 4.04. The summed E-state index contributed by atoms with van der Waals surface area (Å²) in [7, 11) is -3.67. The Morgan fingerprint density at radius 1 is 1.03 bits per heavy atom. The maximum absolute atomic E-state index is 12.6. The van der Waals surface area contributed by atoms with Crippen molar-refractivity contribution in [3.05, 3.63) is 77.4 Å². The summed E-state index contributed by atoms with van der Waals surface area (Å²) in [5.41, 5.74) is 2.79. The van der Waals surface area contributed by atoms with E-state index in [1.807, 2.05) is 26.0 Å². The van der Waals surface area contributed by atoms with Gasteiger partial charge in [0.15, 0.2) is 6.61 Å². The quantitative estimate of drug-likeness (QED) is 0.404. The van der Waals surface area contributed by atoms with Gasteiger partial charge in [0.1, 0.15) is 0 Å². The SMILES string of the molecule is C=C(C)CN(CC)C(=O)COC(=O)c1ccc(CNS(=O)(=O)c2ccc(C(C)(C)C)cc2)cc1. The van der Waals surface area contributed by atoms with Crippen LogP contribution in [-0.2, 0) is 31.5 Å². The van der Waals surface area contributed by atoms with Crippen molar-refractivity contribution in [2.24, 2.45) is 0 Å². The number of esters is 1. The molecule has 2 aromatic rings. The number of benzene rings is 2. The lowest BCUT2D eigenvalue weighted by Gasteiger charge is -2.20. The zero-order valence-electron chi connectivity index (χ0n) is 20.6. The second-order valence-corrected chi connectivity index (χ2v) is 11.0. The third kappa shape index (κ3) is 7.81. The van der Waals surface area contributed by atoms with E-state index in [2.05, 4.69) is 32.1 Å². The molecular formula is C26H34N2O5S. The lowest BCUT2D eigenvalue weighted by atomic mass is 9.87. The van der Waals surface area contributed by atoms with Crippen LogP contribution in [0, 0.1) is 0 Å². The molecule has 1 amide bonds. The average Bonchev–Trinajstić information content (AvgIpc) is 2.79. The Bertz CT molecular complexity index is 1120. The second kappa shape index (κ2) is 11.4. The molecule has 2 aromatic carbocycles. The van der Waals surface area contributed by atoms with Crippen LogP contribution in [0.25, 0.3) is 0 Å². The van der Waals surface area contributed by atoms with Crippen LogP contribution in [0.15, 0.2) is 65.6 Å². The lowest BCUT2D eigenvalue weighted by molar-refractivity contribution is -0.133. The number of nitrogens with zero attached hydrogens (tertiary/aromatic N) is 1. The van der Waals surface area contributed by atoms with Crippen molar-refractivity contribution in [3.63, 3.8) is 0 Å². The Balaban J connectivity index is 1.93. The largest absolute Gasteiger partial charge is 0.452 e. The molecule has 0 aliphatic heterocycles. The first-order valence-corrected chi connectivity index (χ1v) is 12.6. The van der Waals surface area contributed by atoms with Gasteiger partial charge in [-0.15, -0.1) is 0 Å². The Morgan fingerprint density at radius 2 is 1.62 bits per heavy atom. The van der Waals surface area contributed by atoms with E-state index in [9.17, 15) is 18.0 Å². The van der Waals surface area contributed by atoms with Gasteiger partial charge in [-0.1, -0.05) is 57.2 Å². The fourth-order valence-corrected chi connectivity index (χ4v) is 4.18. The van der Waals surface area contributed by atoms with E-state index in [0.717, 1.165) is 11.1 Å². The molecule has 34 heavy (non-hydrogen) atoms. The number of carbonyl (C=O) groups is 2. The minimum absolute atomic E-state index is 0.0636. The van der Waals surface area contributed by atoms with E-state index >= 15 is 0 Å². The van der Waals surface area contributed by atoms with Crippen LogP contribution in [0.3, 0.4) is 0 Å². The van der Waals surface area contributed by atoms with Crippen molar-refractivity contribution in [3.8, 4) is 0 Å². The summed E-state index contributed by atoms with van der Waals surface area (Å²) < 4.78 is 32.9. The van der Waals surface area contributed by atoms with Crippen molar-refractivity contribution in [1.82, 2.24) is 9.62 Å². The van der Waals surface area contributed by atoms with E-state index in [-0.39, 0.29) is 34.9 Å². The van der Waals surface area contributed by atoms with Crippen molar-refractivity contribution >= 4 is 21.9 Å². The molecule has 7 nitrogen and oxygen atoms in total. The monoisotopic (exact) mass is 486 g/mol. The standard InChI is InChI=1S/C26H34N2O5S/c1-7-28(17-19(2)3)24(29)18-33-25(30)21-10-8-20(9-11-21)16-27-34(31,32)23-14-12-22(13-15-23)26(4,5)6/h8-15,27H,2,7,16-18H2,1,3-6H3. The molecule has 2 rings (SSSR count). The van der Waals surface area contributed by atoms with Gasteiger partial charge in [0.2, 0.25) is 10.0 Å². The molecule has 184 valence electrons. The first-order valence-electron chi connectivity index (χ1n) is 11.1. The molecule has 0 atom stereocenters. The van der Waals surface area contributed by atoms with Crippen LogP contribution in [0.2, 0.25) is 0 Å². The summed E-state index contributed by atoms with van der Waals surface area (Å²) in [5, 5.41) is 0. The van der Waals surface area contributed by atoms with Gasteiger partial charge in [-0.25, -0.2) is 17.9 Å². The van der Waals surface area contributed by atoms with Crippen molar-refractivity contribution in [2.45, 2.75) is 51.5 Å². The lowest BCUT2D eigenvalue weighted by Crippen LogP contribution is -2.35. The molecule has 0 heterocycles. The highest BCUT2D eigenvalue weighted by Gasteiger charge is 2.18. The normalized spacial score (nSPS) is 11.7. The molecule has 8 heteroatoms. The van der Waals surface area contributed by atoms with E-state index in [1.54, 1.807) is 41.3 Å². The van der Waals surface area contributed by atoms with Crippen molar-refractivity contribution in [1.29, 1.82) is 0 Å². The molecule has 0 aromatic heterocycles. The molecule has 1 N–H and O–H groups in total. The van der Waals surface area contributed by atoms with Gasteiger partial charge >= 0.3 is 5.97 Å². The number of rotatable bonds is 10. The van der Waals surface area contributed by atoms with E-state index in [4.69, 9.17) is 4.74 Å². The number of carbonyl (C=O) groups excluding carboxylic acids is 2. The minimum atomic E-state index is -3.67. The number of ether oxygens (including phenoxy) is 1. The Morgan fingerprint density at radius 3 is 2.12 bits per heavy atom.